The number of amides is 1. The van der Waals surface area contributed by atoms with E-state index in [2.05, 4.69) is 19.2 Å². The average molecular weight is 1120 g/mol. The van der Waals surface area contributed by atoms with E-state index in [1.807, 2.05) is 0 Å². The van der Waals surface area contributed by atoms with Crippen LogP contribution in [0.4, 0.5) is 0 Å². The van der Waals surface area contributed by atoms with Gasteiger partial charge in [0.05, 0.1) is 46.0 Å². The number of carbonyl (C=O) groups excluding carboxylic acids is 1. The molecule has 2 atom stereocenters. The molecule has 1 heterocycles. The summed E-state index contributed by atoms with van der Waals surface area (Å²) in [7, 11) is -4.50. The zero-order chi connectivity index (χ0) is 48.5. The molecule has 1 aliphatic heterocycles. The van der Waals surface area contributed by atoms with Crippen molar-refractivity contribution in [3.05, 3.63) is 0 Å². The van der Waals surface area contributed by atoms with Gasteiger partial charge in [0.25, 0.3) is 0 Å². The summed E-state index contributed by atoms with van der Waals surface area (Å²) in [5, 5.41) is 31.0. The van der Waals surface area contributed by atoms with Gasteiger partial charge in [0.15, 0.2) is 0 Å². The molecule has 2 unspecified atom stereocenters. The van der Waals surface area contributed by atoms with Gasteiger partial charge in [-0.05, 0) is 12.8 Å². The molecule has 20 heteroatoms. The van der Waals surface area contributed by atoms with Crippen LogP contribution in [0.3, 0.4) is 0 Å². The Labute approximate surface area is 435 Å². The summed E-state index contributed by atoms with van der Waals surface area (Å²) in [5.41, 5.74) is 0. The van der Waals surface area contributed by atoms with Crippen molar-refractivity contribution in [2.45, 2.75) is 161 Å². The number of carboxylic acids is 3. The number of nitrogens with zero attached hydrogens (tertiary/aromatic N) is 4. The SMILES string of the molecule is CCCCCCCCCCCCCOCC(COP(=O)(O)OCCNC(=O)CN1CCN(CC(=O)O)CCN(CC(=O)O)CCN(CC(=O)O)CC1)OCCCCCCCCCCCCC.[Gd+3]. The third-order valence-electron chi connectivity index (χ3n) is 11.8. The monoisotopic (exact) mass is 1120 g/mol. The molecule has 1 radical (unpaired) electrons. The summed E-state index contributed by atoms with van der Waals surface area (Å²) in [6, 6.07) is 0. The number of ether oxygens (including phenoxy) is 2. The van der Waals surface area contributed by atoms with Gasteiger partial charge in [-0.2, -0.15) is 0 Å². The van der Waals surface area contributed by atoms with E-state index in [1.54, 1.807) is 19.6 Å². The third kappa shape index (κ3) is 42.5. The number of hydrogen-bond donors (Lipinski definition) is 5. The number of unbranched alkanes of at least 4 members (excludes halogenated alkanes) is 20. The van der Waals surface area contributed by atoms with Crippen LogP contribution in [0.5, 0.6) is 0 Å². The molecule has 1 amide bonds. The topological polar surface area (TPSA) is 228 Å². The fourth-order valence-electron chi connectivity index (χ4n) is 7.85. The molecule has 0 aromatic heterocycles. The molecule has 393 valence electrons. The summed E-state index contributed by atoms with van der Waals surface area (Å²) in [6.07, 6.45) is 26.5. The molecule has 0 bridgehead atoms. The zero-order valence-corrected chi connectivity index (χ0v) is 44.6. The molecular formula is C47H92GdN5O13P+3. The first-order valence-electron chi connectivity index (χ1n) is 25.5. The van der Waals surface area contributed by atoms with Crippen molar-refractivity contribution in [2.24, 2.45) is 0 Å². The molecule has 5 N–H and O–H groups in total. The predicted octanol–water partition coefficient (Wildman–Crippen LogP) is 6.74. The van der Waals surface area contributed by atoms with E-state index < -0.39 is 37.7 Å². The van der Waals surface area contributed by atoms with Crippen LogP contribution in [-0.4, -0.2) is 188 Å². The fourth-order valence-corrected chi connectivity index (χ4v) is 8.60. The summed E-state index contributed by atoms with van der Waals surface area (Å²) in [6.45, 7) is 6.43. The molecule has 0 saturated carbocycles. The summed E-state index contributed by atoms with van der Waals surface area (Å²) >= 11 is 0. The van der Waals surface area contributed by atoms with E-state index in [0.717, 1.165) is 32.1 Å². The Morgan fingerprint density at radius 1 is 0.493 bits per heavy atom. The molecule has 1 aliphatic rings. The van der Waals surface area contributed by atoms with Crippen LogP contribution in [0.1, 0.15) is 155 Å². The van der Waals surface area contributed by atoms with Crippen LogP contribution in [0, 0.1) is 39.9 Å². The Morgan fingerprint density at radius 3 is 1.21 bits per heavy atom. The van der Waals surface area contributed by atoms with Crippen molar-refractivity contribution in [3.63, 3.8) is 0 Å². The van der Waals surface area contributed by atoms with Crippen LogP contribution >= 0.6 is 7.82 Å². The second-order valence-corrected chi connectivity index (χ2v) is 19.3. The maximum atomic E-state index is 13.0. The Balaban J connectivity index is 0.0000436. The quantitative estimate of drug-likeness (QED) is 0.0315. The first-order valence-corrected chi connectivity index (χ1v) is 27.0. The second-order valence-electron chi connectivity index (χ2n) is 17.9. The van der Waals surface area contributed by atoms with Crippen molar-refractivity contribution < 1.29 is 102 Å². The minimum atomic E-state index is -4.50. The minimum absolute atomic E-state index is 0. The Morgan fingerprint density at radius 2 is 0.836 bits per heavy atom. The number of hydrogen-bond acceptors (Lipinski definition) is 13. The van der Waals surface area contributed by atoms with Crippen molar-refractivity contribution >= 4 is 31.6 Å². The second kappa shape index (κ2) is 45.0. The van der Waals surface area contributed by atoms with E-state index in [9.17, 15) is 44.0 Å². The number of nitrogens with one attached hydrogen (secondary N) is 1. The zero-order valence-electron chi connectivity index (χ0n) is 41.4. The van der Waals surface area contributed by atoms with E-state index in [1.165, 1.54) is 109 Å². The molecule has 0 aromatic carbocycles. The molecule has 0 spiro atoms. The number of carboxylic acid groups (broad SMARTS) is 3. The molecular weight excluding hydrogens is 1030 g/mol. The van der Waals surface area contributed by atoms with Gasteiger partial charge in [-0.15, -0.1) is 0 Å². The molecule has 67 heavy (non-hydrogen) atoms. The number of carbonyl (C=O) groups is 4. The maximum Gasteiger partial charge on any atom is 3.00 e. The largest absolute Gasteiger partial charge is 3.00 e. The van der Waals surface area contributed by atoms with Gasteiger partial charge in [-0.3, -0.25) is 47.8 Å². The van der Waals surface area contributed by atoms with Gasteiger partial charge in [-0.25, -0.2) is 4.57 Å². The van der Waals surface area contributed by atoms with Crippen LogP contribution in [-0.2, 0) is 42.3 Å². The van der Waals surface area contributed by atoms with Gasteiger partial charge in [-0.1, -0.05) is 142 Å². The van der Waals surface area contributed by atoms with Crippen LogP contribution in [0.25, 0.3) is 0 Å². The van der Waals surface area contributed by atoms with Crippen LogP contribution in [0.15, 0.2) is 0 Å². The van der Waals surface area contributed by atoms with Crippen molar-refractivity contribution in [1.82, 2.24) is 24.9 Å². The van der Waals surface area contributed by atoms with E-state index in [4.69, 9.17) is 18.5 Å². The van der Waals surface area contributed by atoms with E-state index >= 15 is 0 Å². The molecule has 1 fully saturated rings. The van der Waals surface area contributed by atoms with Crippen LogP contribution in [0.2, 0.25) is 0 Å². The first-order chi connectivity index (χ1) is 31.8. The number of phosphoric ester groups is 1. The van der Waals surface area contributed by atoms with Gasteiger partial charge in [0.2, 0.25) is 5.91 Å². The van der Waals surface area contributed by atoms with Gasteiger partial charge >= 0.3 is 65.7 Å². The van der Waals surface area contributed by atoms with Gasteiger partial charge < -0.3 is 35.0 Å². The minimum Gasteiger partial charge on any atom is -0.480 e. The van der Waals surface area contributed by atoms with Crippen LogP contribution < -0.4 is 5.32 Å². The summed E-state index contributed by atoms with van der Waals surface area (Å²) < 4.78 is 35.4. The number of aliphatic carboxylic acids is 3. The molecule has 18 nitrogen and oxygen atoms in total. The smallest absolute Gasteiger partial charge is 0.480 e. The third-order valence-corrected chi connectivity index (χ3v) is 12.8. The predicted molar refractivity (Wildman–Crippen MR) is 257 cm³/mol. The average Bonchev–Trinajstić information content (AvgIpc) is 3.26. The van der Waals surface area contributed by atoms with Gasteiger partial charge in [0.1, 0.15) is 6.10 Å². The van der Waals surface area contributed by atoms with E-state index in [0.29, 0.717) is 13.2 Å². The Kier molecular flexibility index (Phi) is 44.4. The summed E-state index contributed by atoms with van der Waals surface area (Å²) in [4.78, 5) is 64.9. The molecule has 1 saturated heterocycles. The normalized spacial score (nSPS) is 16.3. The molecule has 1 rings (SSSR count). The number of phosphoric acid groups is 1. The fraction of sp³-hybridized carbons (Fsp3) is 0.915. The molecule has 0 aromatic rings. The number of rotatable bonds is 42. The van der Waals surface area contributed by atoms with E-state index in [-0.39, 0.29) is 145 Å². The van der Waals surface area contributed by atoms with Crippen molar-refractivity contribution in [1.29, 1.82) is 0 Å². The van der Waals surface area contributed by atoms with Crippen molar-refractivity contribution in [3.8, 4) is 0 Å². The Hall–Kier alpha value is -0.925. The standard InChI is InChI=1S/C47H92N5O13P.Gd/c1-3-5-7-9-11-13-15-17-19-21-23-34-62-41-43(63-35-24-22-20-18-16-14-12-10-8-6-4-2)42-65-66(60,61)64-36-25-48-44(53)37-49-26-28-50(38-45(54)55)30-32-52(40-47(58)59)33-31-51(29-27-49)39-46(56)57;/h43H,3-42H2,1-2H3,(H,48,53)(H,54,55)(H,56,57)(H,58,59)(H,60,61);/q;+3. The van der Waals surface area contributed by atoms with Gasteiger partial charge in [0, 0.05) is 72.1 Å². The Bertz CT molecular complexity index is 1260. The first kappa shape index (κ1) is 66.1. The van der Waals surface area contributed by atoms with Crippen molar-refractivity contribution in [2.75, 3.05) is 118 Å². The maximum absolute atomic E-state index is 13.0. The summed E-state index contributed by atoms with van der Waals surface area (Å²) in [5.74, 6) is -3.53. The molecule has 0 aliphatic carbocycles.